The van der Waals surface area contributed by atoms with E-state index in [9.17, 15) is 0 Å². The first-order chi connectivity index (χ1) is 9.60. The molecular formula is C14H23N5O. The van der Waals surface area contributed by atoms with E-state index in [0.29, 0.717) is 18.7 Å². The third kappa shape index (κ3) is 3.78. The van der Waals surface area contributed by atoms with E-state index in [1.807, 2.05) is 6.92 Å². The maximum absolute atomic E-state index is 8.69. The largest absolute Gasteiger partial charge is 0.339 e. The summed E-state index contributed by atoms with van der Waals surface area (Å²) in [4.78, 5) is 9.12. The first-order valence-electron chi connectivity index (χ1n) is 7.18. The Labute approximate surface area is 120 Å². The molecule has 2 atom stereocenters. The van der Waals surface area contributed by atoms with Crippen molar-refractivity contribution in [2.45, 2.75) is 32.2 Å². The number of aromatic nitrogens is 2. The van der Waals surface area contributed by atoms with Crippen molar-refractivity contribution in [3.8, 4) is 6.07 Å². The molecule has 1 aliphatic heterocycles. The van der Waals surface area contributed by atoms with Crippen molar-refractivity contribution in [1.82, 2.24) is 19.9 Å². The maximum atomic E-state index is 8.69. The van der Waals surface area contributed by atoms with E-state index in [-0.39, 0.29) is 12.0 Å². The molecule has 0 aliphatic carbocycles. The molecule has 0 spiro atoms. The molecule has 1 aromatic rings. The second-order valence-electron chi connectivity index (χ2n) is 5.83. The molecule has 0 bridgehead atoms. The minimum atomic E-state index is 0.186. The van der Waals surface area contributed by atoms with Crippen molar-refractivity contribution in [3.63, 3.8) is 0 Å². The van der Waals surface area contributed by atoms with E-state index >= 15 is 0 Å². The van der Waals surface area contributed by atoms with Crippen LogP contribution in [-0.2, 0) is 6.42 Å². The highest BCUT2D eigenvalue weighted by Crippen LogP contribution is 2.21. The van der Waals surface area contributed by atoms with Gasteiger partial charge in [0.05, 0.1) is 12.1 Å². The zero-order valence-corrected chi connectivity index (χ0v) is 12.5. The van der Waals surface area contributed by atoms with Crippen LogP contribution in [0.2, 0.25) is 0 Å². The van der Waals surface area contributed by atoms with Crippen LogP contribution in [-0.4, -0.2) is 53.7 Å². The Morgan fingerprint density at radius 3 is 3.00 bits per heavy atom. The average molecular weight is 277 g/mol. The fourth-order valence-corrected chi connectivity index (χ4v) is 2.56. The minimum Gasteiger partial charge on any atom is -0.339 e. The van der Waals surface area contributed by atoms with Gasteiger partial charge in [-0.1, -0.05) is 12.1 Å². The van der Waals surface area contributed by atoms with Crippen molar-refractivity contribution in [3.05, 3.63) is 11.7 Å². The Morgan fingerprint density at radius 2 is 2.25 bits per heavy atom. The van der Waals surface area contributed by atoms with E-state index < -0.39 is 0 Å². The lowest BCUT2D eigenvalue weighted by Crippen LogP contribution is -2.31. The standard InChI is InChI=1S/C14H23N5O/c1-11(5-6-15)9-13-16-14(17-20-13)12-10-18(2)7-4-8-19(12)3/h11-12H,4-5,7-10H2,1-3H3. The molecule has 0 radical (unpaired) electrons. The molecule has 1 saturated heterocycles. The Morgan fingerprint density at radius 1 is 1.45 bits per heavy atom. The third-order valence-electron chi connectivity index (χ3n) is 3.81. The molecule has 2 unspecified atom stereocenters. The molecule has 0 saturated carbocycles. The lowest BCUT2D eigenvalue weighted by atomic mass is 10.1. The van der Waals surface area contributed by atoms with Gasteiger partial charge in [-0.3, -0.25) is 4.90 Å². The zero-order valence-electron chi connectivity index (χ0n) is 12.5. The van der Waals surface area contributed by atoms with Crippen LogP contribution in [0.4, 0.5) is 0 Å². The van der Waals surface area contributed by atoms with Gasteiger partial charge in [0.25, 0.3) is 0 Å². The van der Waals surface area contributed by atoms with Gasteiger partial charge in [-0.05, 0) is 39.5 Å². The number of likely N-dealkylation sites (N-methyl/N-ethyl adjacent to an activating group) is 2. The second kappa shape index (κ2) is 6.82. The van der Waals surface area contributed by atoms with Gasteiger partial charge in [0.15, 0.2) is 5.82 Å². The predicted molar refractivity (Wildman–Crippen MR) is 74.9 cm³/mol. The highest BCUT2D eigenvalue weighted by atomic mass is 16.5. The molecule has 1 aliphatic rings. The van der Waals surface area contributed by atoms with Gasteiger partial charge in [0, 0.05) is 19.4 Å². The first-order valence-corrected chi connectivity index (χ1v) is 7.18. The van der Waals surface area contributed by atoms with Crippen molar-refractivity contribution < 1.29 is 4.52 Å². The molecule has 1 aromatic heterocycles. The Hall–Kier alpha value is -1.45. The summed E-state index contributed by atoms with van der Waals surface area (Å²) < 4.78 is 5.34. The van der Waals surface area contributed by atoms with Crippen LogP contribution in [0.1, 0.15) is 37.5 Å². The van der Waals surface area contributed by atoms with Crippen LogP contribution >= 0.6 is 0 Å². The van der Waals surface area contributed by atoms with Gasteiger partial charge in [-0.2, -0.15) is 10.2 Å². The molecule has 110 valence electrons. The number of hydrogen-bond acceptors (Lipinski definition) is 6. The van der Waals surface area contributed by atoms with E-state index in [4.69, 9.17) is 9.78 Å². The fraction of sp³-hybridized carbons (Fsp3) is 0.786. The molecule has 0 aromatic carbocycles. The summed E-state index contributed by atoms with van der Waals surface area (Å²) in [5, 5.41) is 12.8. The summed E-state index contributed by atoms with van der Waals surface area (Å²) in [6.07, 6.45) is 2.35. The first kappa shape index (κ1) is 14.9. The van der Waals surface area contributed by atoms with Gasteiger partial charge in [0.2, 0.25) is 5.89 Å². The van der Waals surface area contributed by atoms with E-state index in [1.165, 1.54) is 0 Å². The summed E-state index contributed by atoms with van der Waals surface area (Å²) in [7, 11) is 4.24. The van der Waals surface area contributed by atoms with Gasteiger partial charge < -0.3 is 9.42 Å². The smallest absolute Gasteiger partial charge is 0.227 e. The fourth-order valence-electron chi connectivity index (χ4n) is 2.56. The zero-order chi connectivity index (χ0) is 14.5. The lowest BCUT2D eigenvalue weighted by molar-refractivity contribution is 0.214. The second-order valence-corrected chi connectivity index (χ2v) is 5.83. The van der Waals surface area contributed by atoms with E-state index in [1.54, 1.807) is 0 Å². The van der Waals surface area contributed by atoms with Crippen LogP contribution in [0.5, 0.6) is 0 Å². The van der Waals surface area contributed by atoms with Crippen LogP contribution in [0.25, 0.3) is 0 Å². The van der Waals surface area contributed by atoms with Gasteiger partial charge in [-0.25, -0.2) is 0 Å². The number of hydrogen-bond donors (Lipinski definition) is 0. The predicted octanol–water partition coefficient (Wildman–Crippen LogP) is 1.47. The molecule has 20 heavy (non-hydrogen) atoms. The normalized spacial score (nSPS) is 23.2. The van der Waals surface area contributed by atoms with E-state index in [0.717, 1.165) is 31.9 Å². The van der Waals surface area contributed by atoms with E-state index in [2.05, 4.69) is 40.1 Å². The summed E-state index contributed by atoms with van der Waals surface area (Å²) in [6.45, 7) is 5.09. The number of nitrogens with zero attached hydrogens (tertiary/aromatic N) is 5. The van der Waals surface area contributed by atoms with Crippen molar-refractivity contribution in [1.29, 1.82) is 5.26 Å². The molecule has 2 heterocycles. The molecule has 2 rings (SSSR count). The monoisotopic (exact) mass is 277 g/mol. The average Bonchev–Trinajstić information content (AvgIpc) is 2.77. The molecule has 0 N–H and O–H groups in total. The lowest BCUT2D eigenvalue weighted by Gasteiger charge is -2.24. The molecule has 0 amide bonds. The number of rotatable bonds is 4. The van der Waals surface area contributed by atoms with Crippen LogP contribution in [0, 0.1) is 17.2 Å². The quantitative estimate of drug-likeness (QED) is 0.830. The Bertz CT molecular complexity index is 466. The van der Waals surface area contributed by atoms with Crippen molar-refractivity contribution in [2.75, 3.05) is 33.7 Å². The summed E-state index contributed by atoms with van der Waals surface area (Å²) in [5.41, 5.74) is 0. The highest BCUT2D eigenvalue weighted by Gasteiger charge is 2.26. The van der Waals surface area contributed by atoms with Crippen LogP contribution in [0.15, 0.2) is 4.52 Å². The Balaban J connectivity index is 2.05. The molecular weight excluding hydrogens is 254 g/mol. The van der Waals surface area contributed by atoms with Crippen LogP contribution < -0.4 is 0 Å². The van der Waals surface area contributed by atoms with Gasteiger partial charge in [0.1, 0.15) is 0 Å². The molecule has 6 heteroatoms. The summed E-state index contributed by atoms with van der Waals surface area (Å²) in [6, 6.07) is 2.36. The summed E-state index contributed by atoms with van der Waals surface area (Å²) in [5.74, 6) is 1.66. The van der Waals surface area contributed by atoms with Crippen molar-refractivity contribution in [2.24, 2.45) is 5.92 Å². The molecule has 6 nitrogen and oxygen atoms in total. The highest BCUT2D eigenvalue weighted by molar-refractivity contribution is 4.98. The maximum Gasteiger partial charge on any atom is 0.227 e. The third-order valence-corrected chi connectivity index (χ3v) is 3.81. The minimum absolute atomic E-state index is 0.186. The SMILES string of the molecule is CC(CC#N)Cc1nc(C2CN(C)CCCN2C)no1. The summed E-state index contributed by atoms with van der Waals surface area (Å²) >= 11 is 0. The molecule has 1 fully saturated rings. The van der Waals surface area contributed by atoms with Crippen LogP contribution in [0.3, 0.4) is 0 Å². The van der Waals surface area contributed by atoms with Crippen molar-refractivity contribution >= 4 is 0 Å². The number of nitriles is 1. The topological polar surface area (TPSA) is 69.2 Å². The Kier molecular flexibility index (Phi) is 5.10. The van der Waals surface area contributed by atoms with Gasteiger partial charge >= 0.3 is 0 Å². The van der Waals surface area contributed by atoms with Gasteiger partial charge in [-0.15, -0.1) is 0 Å².